The predicted molar refractivity (Wildman–Crippen MR) is 104 cm³/mol. The Morgan fingerprint density at radius 2 is 1.77 bits per heavy atom. The Bertz CT molecular complexity index is 811. The molecule has 8 heteroatoms. The molecule has 0 saturated heterocycles. The lowest BCUT2D eigenvalue weighted by atomic mass is 10.1. The number of amides is 1. The first-order valence-corrected chi connectivity index (χ1v) is 8.48. The molecule has 0 unspecified atom stereocenters. The van der Waals surface area contributed by atoms with Crippen LogP contribution < -0.4 is 10.6 Å². The predicted octanol–water partition coefficient (Wildman–Crippen LogP) is 3.57. The highest BCUT2D eigenvalue weighted by molar-refractivity contribution is 7.80. The molecule has 26 heavy (non-hydrogen) atoms. The third kappa shape index (κ3) is 5.72. The van der Waals surface area contributed by atoms with Crippen molar-refractivity contribution in [2.24, 2.45) is 0 Å². The highest BCUT2D eigenvalue weighted by Crippen LogP contribution is 2.13. The summed E-state index contributed by atoms with van der Waals surface area (Å²) in [6, 6.07) is 12.6. The molecule has 0 heterocycles. The second-order valence-electron chi connectivity index (χ2n) is 5.46. The van der Waals surface area contributed by atoms with Gasteiger partial charge in [0.15, 0.2) is 0 Å². The molecule has 0 bridgehead atoms. The van der Waals surface area contributed by atoms with Crippen LogP contribution in [0.2, 0.25) is 5.02 Å². The molecule has 0 spiro atoms. The number of carbonyl (C=O) groups excluding carboxylic acids is 1. The summed E-state index contributed by atoms with van der Waals surface area (Å²) in [5.74, 6) is -1.65. The lowest BCUT2D eigenvalue weighted by Gasteiger charge is -2.16. The van der Waals surface area contributed by atoms with Crippen LogP contribution in [0.25, 0.3) is 0 Å². The molecular weight excluding hydrogens is 376 g/mol. The van der Waals surface area contributed by atoms with Crippen LogP contribution in [0.1, 0.15) is 27.6 Å². The summed E-state index contributed by atoms with van der Waals surface area (Å²) >= 11 is 10.9. The molecule has 2 aromatic rings. The van der Waals surface area contributed by atoms with Gasteiger partial charge in [0.2, 0.25) is 0 Å². The van der Waals surface area contributed by atoms with Gasteiger partial charge in [0.05, 0.1) is 17.2 Å². The van der Waals surface area contributed by atoms with Crippen molar-refractivity contribution in [1.82, 2.24) is 5.32 Å². The summed E-state index contributed by atoms with van der Waals surface area (Å²) in [6.45, 7) is 1.85. The Kier molecular flexibility index (Phi) is 6.94. The molecule has 1 atom stereocenters. The van der Waals surface area contributed by atoms with E-state index in [2.05, 4.69) is 10.6 Å². The zero-order valence-corrected chi connectivity index (χ0v) is 15.4. The largest absolute Gasteiger partial charge is 0.478 e. The van der Waals surface area contributed by atoms with E-state index in [-0.39, 0.29) is 29.0 Å². The second-order valence-corrected chi connectivity index (χ2v) is 6.26. The SMILES string of the molecule is C[C@@H](COC(=S)Nc1ccc(Cl)cc1)NC(=O)c1ccccc1C(=O)O. The summed E-state index contributed by atoms with van der Waals surface area (Å²) < 4.78 is 5.41. The van der Waals surface area contributed by atoms with E-state index < -0.39 is 11.9 Å². The van der Waals surface area contributed by atoms with Crippen LogP contribution in [0.15, 0.2) is 48.5 Å². The number of halogens is 1. The molecule has 0 radical (unpaired) electrons. The molecule has 3 N–H and O–H groups in total. The second kappa shape index (κ2) is 9.17. The van der Waals surface area contributed by atoms with Crippen molar-refractivity contribution in [2.45, 2.75) is 13.0 Å². The molecule has 0 aliphatic carbocycles. The minimum atomic E-state index is -1.16. The van der Waals surface area contributed by atoms with Crippen LogP contribution in [0.3, 0.4) is 0 Å². The Morgan fingerprint density at radius 3 is 2.38 bits per heavy atom. The molecule has 0 aliphatic rings. The number of hydrogen-bond acceptors (Lipinski definition) is 4. The van der Waals surface area contributed by atoms with Crippen molar-refractivity contribution in [3.63, 3.8) is 0 Å². The Balaban J connectivity index is 1.85. The van der Waals surface area contributed by atoms with Gasteiger partial charge in [-0.1, -0.05) is 23.7 Å². The number of thiocarbonyl (C=S) groups is 1. The quantitative estimate of drug-likeness (QED) is 0.651. The van der Waals surface area contributed by atoms with E-state index in [1.54, 1.807) is 43.3 Å². The van der Waals surface area contributed by atoms with E-state index in [0.29, 0.717) is 5.02 Å². The zero-order chi connectivity index (χ0) is 19.1. The third-order valence-corrected chi connectivity index (χ3v) is 3.81. The molecular formula is C18H17ClN2O4S. The summed E-state index contributed by atoms with van der Waals surface area (Å²) in [5.41, 5.74) is 0.762. The fraction of sp³-hybridized carbons (Fsp3) is 0.167. The van der Waals surface area contributed by atoms with E-state index in [0.717, 1.165) is 5.69 Å². The number of nitrogens with one attached hydrogen (secondary N) is 2. The Morgan fingerprint density at radius 1 is 1.15 bits per heavy atom. The van der Waals surface area contributed by atoms with Gasteiger partial charge < -0.3 is 20.5 Å². The Labute approximate surface area is 161 Å². The lowest BCUT2D eigenvalue weighted by Crippen LogP contribution is -2.37. The molecule has 0 aliphatic heterocycles. The minimum absolute atomic E-state index is 0.0574. The van der Waals surface area contributed by atoms with Gasteiger partial charge in [0, 0.05) is 10.7 Å². The highest BCUT2D eigenvalue weighted by Gasteiger charge is 2.17. The summed E-state index contributed by atoms with van der Waals surface area (Å²) in [4.78, 5) is 23.4. The third-order valence-electron chi connectivity index (χ3n) is 3.33. The smallest absolute Gasteiger partial charge is 0.336 e. The van der Waals surface area contributed by atoms with Crippen LogP contribution in [-0.2, 0) is 4.74 Å². The number of ether oxygens (including phenoxy) is 1. The van der Waals surface area contributed by atoms with E-state index in [1.165, 1.54) is 12.1 Å². The number of carbonyl (C=O) groups is 2. The average molecular weight is 393 g/mol. The van der Waals surface area contributed by atoms with E-state index in [1.807, 2.05) is 0 Å². The fourth-order valence-electron chi connectivity index (χ4n) is 2.10. The maximum Gasteiger partial charge on any atom is 0.336 e. The standard InChI is InChI=1S/C18H17ClN2O4S/c1-11(10-25-18(26)21-13-8-6-12(19)7-9-13)20-16(22)14-4-2-3-5-15(14)17(23)24/h2-9,11H,10H2,1H3,(H,20,22)(H,21,26)(H,23,24)/t11-/m0/s1. The summed E-state index contributed by atoms with van der Waals surface area (Å²) in [7, 11) is 0. The maximum absolute atomic E-state index is 12.3. The molecule has 2 aromatic carbocycles. The molecule has 136 valence electrons. The molecule has 6 nitrogen and oxygen atoms in total. The number of carboxylic acids is 1. The zero-order valence-electron chi connectivity index (χ0n) is 13.9. The van der Waals surface area contributed by atoms with Crippen molar-refractivity contribution in [3.05, 3.63) is 64.7 Å². The van der Waals surface area contributed by atoms with Gasteiger partial charge in [-0.25, -0.2) is 4.79 Å². The average Bonchev–Trinajstić information content (AvgIpc) is 2.62. The number of hydrogen-bond donors (Lipinski definition) is 3. The number of carboxylic acid groups (broad SMARTS) is 1. The maximum atomic E-state index is 12.3. The van der Waals surface area contributed by atoms with Crippen molar-refractivity contribution >= 4 is 46.6 Å². The van der Waals surface area contributed by atoms with Crippen LogP contribution in [0.4, 0.5) is 5.69 Å². The number of benzene rings is 2. The number of anilines is 1. The van der Waals surface area contributed by atoms with Gasteiger partial charge >= 0.3 is 5.97 Å². The van der Waals surface area contributed by atoms with Gasteiger partial charge in [-0.05, 0) is 55.5 Å². The molecule has 0 aromatic heterocycles. The van der Waals surface area contributed by atoms with Crippen molar-refractivity contribution in [1.29, 1.82) is 0 Å². The fourth-order valence-corrected chi connectivity index (χ4v) is 2.41. The molecule has 1 amide bonds. The summed E-state index contributed by atoms with van der Waals surface area (Å²) in [5, 5.41) is 15.5. The monoisotopic (exact) mass is 392 g/mol. The van der Waals surface area contributed by atoms with Crippen molar-refractivity contribution < 1.29 is 19.4 Å². The van der Waals surface area contributed by atoms with Crippen LogP contribution in [0.5, 0.6) is 0 Å². The van der Waals surface area contributed by atoms with Gasteiger partial charge in [-0.2, -0.15) is 0 Å². The van der Waals surface area contributed by atoms with Gasteiger partial charge in [-0.3, -0.25) is 4.79 Å². The number of rotatable bonds is 6. The van der Waals surface area contributed by atoms with Crippen LogP contribution in [-0.4, -0.2) is 34.8 Å². The van der Waals surface area contributed by atoms with E-state index in [4.69, 9.17) is 33.7 Å². The van der Waals surface area contributed by atoms with Crippen molar-refractivity contribution in [2.75, 3.05) is 11.9 Å². The van der Waals surface area contributed by atoms with Gasteiger partial charge in [0.25, 0.3) is 11.1 Å². The molecule has 0 fully saturated rings. The normalized spacial score (nSPS) is 11.3. The van der Waals surface area contributed by atoms with E-state index >= 15 is 0 Å². The van der Waals surface area contributed by atoms with Gasteiger partial charge in [-0.15, -0.1) is 0 Å². The summed E-state index contributed by atoms with van der Waals surface area (Å²) in [6.07, 6.45) is 0. The highest BCUT2D eigenvalue weighted by atomic mass is 35.5. The minimum Gasteiger partial charge on any atom is -0.478 e. The van der Waals surface area contributed by atoms with Gasteiger partial charge in [0.1, 0.15) is 6.61 Å². The molecule has 0 saturated carbocycles. The number of aromatic carboxylic acids is 1. The van der Waals surface area contributed by atoms with E-state index in [9.17, 15) is 9.59 Å². The Hall–Kier alpha value is -2.64. The molecule has 2 rings (SSSR count). The first-order chi connectivity index (χ1) is 12.4. The first kappa shape index (κ1) is 19.7. The van der Waals surface area contributed by atoms with Crippen LogP contribution in [0, 0.1) is 0 Å². The van der Waals surface area contributed by atoms with Crippen molar-refractivity contribution in [3.8, 4) is 0 Å². The lowest BCUT2D eigenvalue weighted by molar-refractivity contribution is 0.0690. The topological polar surface area (TPSA) is 87.7 Å². The van der Waals surface area contributed by atoms with Crippen LogP contribution >= 0.6 is 23.8 Å². The first-order valence-electron chi connectivity index (χ1n) is 7.69.